The van der Waals surface area contributed by atoms with Crippen LogP contribution in [0, 0.1) is 0 Å². The van der Waals surface area contributed by atoms with Gasteiger partial charge in [0.25, 0.3) is 0 Å². The van der Waals surface area contributed by atoms with E-state index in [4.69, 9.17) is 10.7 Å². The highest BCUT2D eigenvalue weighted by Crippen LogP contribution is 2.32. The number of nitrogens with two attached hydrogens (primary N) is 1. The standard InChI is InChI=1S/C16H27N5O/c1-11(17)16(22)21-9-5-8-13(10-21)15-18-14(19-20-15)12-6-3-2-4-7-12/h11-13H,2-10,17H2,1H3,(H,18,19,20)/t11-,13?/m1/s1. The second-order valence-electron chi connectivity index (χ2n) is 6.83. The number of hydrogen-bond acceptors (Lipinski definition) is 4. The molecule has 6 nitrogen and oxygen atoms in total. The van der Waals surface area contributed by atoms with Gasteiger partial charge < -0.3 is 10.6 Å². The maximum Gasteiger partial charge on any atom is 0.239 e. The summed E-state index contributed by atoms with van der Waals surface area (Å²) < 4.78 is 0. The van der Waals surface area contributed by atoms with Crippen LogP contribution in [0.15, 0.2) is 0 Å². The van der Waals surface area contributed by atoms with Gasteiger partial charge in [-0.3, -0.25) is 9.89 Å². The van der Waals surface area contributed by atoms with Crippen molar-refractivity contribution in [1.82, 2.24) is 20.1 Å². The molecular formula is C16H27N5O. The lowest BCUT2D eigenvalue weighted by Gasteiger charge is -2.32. The maximum atomic E-state index is 12.1. The van der Waals surface area contributed by atoms with Crippen LogP contribution in [0.1, 0.15) is 75.4 Å². The highest BCUT2D eigenvalue weighted by molar-refractivity contribution is 5.81. The average molecular weight is 305 g/mol. The van der Waals surface area contributed by atoms with E-state index in [0.29, 0.717) is 12.5 Å². The Hall–Kier alpha value is -1.43. The number of piperidine rings is 1. The first kappa shape index (κ1) is 15.5. The van der Waals surface area contributed by atoms with E-state index in [1.54, 1.807) is 6.92 Å². The van der Waals surface area contributed by atoms with Gasteiger partial charge in [-0.05, 0) is 32.6 Å². The molecule has 3 rings (SSSR count). The number of aromatic nitrogens is 3. The van der Waals surface area contributed by atoms with Crippen LogP contribution in [0.2, 0.25) is 0 Å². The first-order valence-corrected chi connectivity index (χ1v) is 8.61. The molecule has 2 heterocycles. The molecule has 2 atom stereocenters. The van der Waals surface area contributed by atoms with E-state index in [9.17, 15) is 4.79 Å². The van der Waals surface area contributed by atoms with E-state index in [2.05, 4.69) is 10.2 Å². The molecule has 22 heavy (non-hydrogen) atoms. The van der Waals surface area contributed by atoms with Crippen molar-refractivity contribution < 1.29 is 4.79 Å². The van der Waals surface area contributed by atoms with Crippen LogP contribution in [0.4, 0.5) is 0 Å². The van der Waals surface area contributed by atoms with Gasteiger partial charge in [0.15, 0.2) is 5.82 Å². The molecule has 0 bridgehead atoms. The van der Waals surface area contributed by atoms with Crippen LogP contribution in [0.3, 0.4) is 0 Å². The summed E-state index contributed by atoms with van der Waals surface area (Å²) >= 11 is 0. The van der Waals surface area contributed by atoms with E-state index in [-0.39, 0.29) is 11.8 Å². The lowest BCUT2D eigenvalue weighted by molar-refractivity contribution is -0.133. The van der Waals surface area contributed by atoms with Gasteiger partial charge in [0, 0.05) is 24.9 Å². The molecule has 1 saturated heterocycles. The summed E-state index contributed by atoms with van der Waals surface area (Å²) in [4.78, 5) is 18.7. The smallest absolute Gasteiger partial charge is 0.239 e. The van der Waals surface area contributed by atoms with Crippen LogP contribution in [-0.2, 0) is 4.79 Å². The van der Waals surface area contributed by atoms with Crippen molar-refractivity contribution in [3.8, 4) is 0 Å². The zero-order valence-electron chi connectivity index (χ0n) is 13.4. The lowest BCUT2D eigenvalue weighted by atomic mass is 9.89. The average Bonchev–Trinajstić information content (AvgIpc) is 3.05. The van der Waals surface area contributed by atoms with Gasteiger partial charge in [0.2, 0.25) is 5.91 Å². The lowest BCUT2D eigenvalue weighted by Crippen LogP contribution is -2.46. The van der Waals surface area contributed by atoms with Crippen molar-refractivity contribution in [3.05, 3.63) is 11.6 Å². The second kappa shape index (κ2) is 6.77. The van der Waals surface area contributed by atoms with Crippen molar-refractivity contribution in [1.29, 1.82) is 0 Å². The van der Waals surface area contributed by atoms with Gasteiger partial charge in [-0.2, -0.15) is 5.10 Å². The normalized spacial score (nSPS) is 25.2. The van der Waals surface area contributed by atoms with Gasteiger partial charge in [-0.25, -0.2) is 4.98 Å². The van der Waals surface area contributed by atoms with Crippen molar-refractivity contribution in [2.24, 2.45) is 5.73 Å². The molecule has 6 heteroatoms. The SMILES string of the molecule is C[C@@H](N)C(=O)N1CCCC(c2n[nH]c(C3CCCCC3)n2)C1. The summed E-state index contributed by atoms with van der Waals surface area (Å²) in [6.45, 7) is 3.25. The molecule has 0 radical (unpaired) electrons. The molecule has 2 fully saturated rings. The van der Waals surface area contributed by atoms with E-state index < -0.39 is 6.04 Å². The van der Waals surface area contributed by atoms with Crippen LogP contribution in [-0.4, -0.2) is 45.1 Å². The summed E-state index contributed by atoms with van der Waals surface area (Å²) in [5, 5.41) is 7.60. The van der Waals surface area contributed by atoms with Gasteiger partial charge in [0.1, 0.15) is 5.82 Å². The van der Waals surface area contributed by atoms with E-state index in [1.807, 2.05) is 4.90 Å². The maximum absolute atomic E-state index is 12.1. The Morgan fingerprint density at radius 1 is 1.23 bits per heavy atom. The Morgan fingerprint density at radius 2 is 1.95 bits per heavy atom. The minimum atomic E-state index is -0.427. The summed E-state index contributed by atoms with van der Waals surface area (Å²) in [5.41, 5.74) is 5.72. The van der Waals surface area contributed by atoms with Crippen molar-refractivity contribution >= 4 is 5.91 Å². The number of aromatic amines is 1. The Morgan fingerprint density at radius 3 is 2.68 bits per heavy atom. The summed E-state index contributed by atoms with van der Waals surface area (Å²) in [6.07, 6.45) is 8.40. The molecule has 1 saturated carbocycles. The Labute approximate surface area is 131 Å². The number of nitrogens with zero attached hydrogens (tertiary/aromatic N) is 3. The van der Waals surface area contributed by atoms with E-state index in [0.717, 1.165) is 31.0 Å². The number of likely N-dealkylation sites (tertiary alicyclic amines) is 1. The molecule has 2 aliphatic rings. The first-order chi connectivity index (χ1) is 10.6. The zero-order chi connectivity index (χ0) is 15.5. The second-order valence-corrected chi connectivity index (χ2v) is 6.83. The fourth-order valence-corrected chi connectivity index (χ4v) is 3.71. The van der Waals surface area contributed by atoms with Crippen LogP contribution in [0.25, 0.3) is 0 Å². The van der Waals surface area contributed by atoms with Crippen LogP contribution < -0.4 is 5.73 Å². The molecule has 122 valence electrons. The first-order valence-electron chi connectivity index (χ1n) is 8.61. The number of rotatable bonds is 3. The summed E-state index contributed by atoms with van der Waals surface area (Å²) in [6, 6.07) is -0.427. The van der Waals surface area contributed by atoms with Crippen molar-refractivity contribution in [3.63, 3.8) is 0 Å². The summed E-state index contributed by atoms with van der Waals surface area (Å²) in [7, 11) is 0. The fraction of sp³-hybridized carbons (Fsp3) is 0.812. The van der Waals surface area contributed by atoms with Gasteiger partial charge in [0.05, 0.1) is 6.04 Å². The molecule has 1 aromatic rings. The molecule has 1 unspecified atom stereocenters. The highest BCUT2D eigenvalue weighted by atomic mass is 16.2. The predicted molar refractivity (Wildman–Crippen MR) is 84.4 cm³/mol. The Balaban J connectivity index is 1.66. The number of nitrogens with one attached hydrogen (secondary N) is 1. The Bertz CT molecular complexity index is 506. The third kappa shape index (κ3) is 3.32. The van der Waals surface area contributed by atoms with Crippen LogP contribution in [0.5, 0.6) is 0 Å². The van der Waals surface area contributed by atoms with E-state index in [1.165, 1.54) is 32.1 Å². The molecule has 0 aromatic carbocycles. The van der Waals surface area contributed by atoms with Crippen LogP contribution >= 0.6 is 0 Å². The fourth-order valence-electron chi connectivity index (χ4n) is 3.71. The molecule has 1 aliphatic carbocycles. The quantitative estimate of drug-likeness (QED) is 0.893. The number of amides is 1. The van der Waals surface area contributed by atoms with E-state index >= 15 is 0 Å². The molecular weight excluding hydrogens is 278 g/mol. The van der Waals surface area contributed by atoms with Gasteiger partial charge in [-0.1, -0.05) is 19.3 Å². The van der Waals surface area contributed by atoms with Crippen molar-refractivity contribution in [2.75, 3.05) is 13.1 Å². The number of carbonyl (C=O) groups excluding carboxylic acids is 1. The zero-order valence-corrected chi connectivity index (χ0v) is 13.4. The molecule has 1 amide bonds. The number of hydrogen-bond donors (Lipinski definition) is 2. The van der Waals surface area contributed by atoms with Gasteiger partial charge in [-0.15, -0.1) is 0 Å². The van der Waals surface area contributed by atoms with Crippen molar-refractivity contribution in [2.45, 2.75) is 69.7 Å². The predicted octanol–water partition coefficient (Wildman–Crippen LogP) is 1.91. The number of carbonyl (C=O) groups is 1. The topological polar surface area (TPSA) is 87.9 Å². The minimum Gasteiger partial charge on any atom is -0.341 e. The monoisotopic (exact) mass is 305 g/mol. The largest absolute Gasteiger partial charge is 0.341 e. The van der Waals surface area contributed by atoms with Gasteiger partial charge >= 0.3 is 0 Å². The molecule has 3 N–H and O–H groups in total. The third-order valence-electron chi connectivity index (χ3n) is 5.00. The molecule has 1 aliphatic heterocycles. The summed E-state index contributed by atoms with van der Waals surface area (Å²) in [5.74, 6) is 2.74. The molecule has 1 aromatic heterocycles. The highest BCUT2D eigenvalue weighted by Gasteiger charge is 2.29. The Kier molecular flexibility index (Phi) is 4.76. The third-order valence-corrected chi connectivity index (χ3v) is 5.00. The minimum absolute atomic E-state index is 0.0349. The molecule has 0 spiro atoms. The number of H-pyrrole nitrogens is 1.